The van der Waals surface area contributed by atoms with E-state index in [2.05, 4.69) is 5.32 Å². The Labute approximate surface area is 238 Å². The summed E-state index contributed by atoms with van der Waals surface area (Å²) in [7, 11) is 1.27. The number of carbonyl (C=O) groups is 5. The second-order valence-corrected chi connectivity index (χ2v) is 11.6. The Hall–Kier alpha value is -3.91. The zero-order valence-electron chi connectivity index (χ0n) is 22.7. The molecule has 228 valence electrons. The maximum Gasteiger partial charge on any atom is 0.471 e. The van der Waals surface area contributed by atoms with E-state index < -0.39 is 71.8 Å². The lowest BCUT2D eigenvalue weighted by Crippen LogP contribution is -2.58. The molecule has 2 unspecified atom stereocenters. The Morgan fingerprint density at radius 1 is 1.17 bits per heavy atom. The lowest BCUT2D eigenvalue weighted by Gasteiger charge is -2.36. The highest BCUT2D eigenvalue weighted by atomic mass is 19.4. The fourth-order valence-electron chi connectivity index (χ4n) is 5.61. The summed E-state index contributed by atoms with van der Waals surface area (Å²) in [6, 6.07) is -0.539. The fourth-order valence-corrected chi connectivity index (χ4v) is 5.61. The number of anilines is 1. The molecule has 5 amide bonds. The summed E-state index contributed by atoms with van der Waals surface area (Å²) in [6.07, 6.45) is -2.42. The number of rotatable bonds is 9. The number of carbonyl (C=O) groups excluding carboxylic acids is 5. The first kappa shape index (κ1) is 29.6. The first-order valence-corrected chi connectivity index (χ1v) is 13.7. The van der Waals surface area contributed by atoms with Gasteiger partial charge in [-0.3, -0.25) is 24.0 Å². The number of halogens is 4. The topological polar surface area (TPSA) is 151 Å². The molecule has 5 rings (SSSR count). The fraction of sp³-hybridized carbons (Fsp3) is 0.593. The van der Waals surface area contributed by atoms with Crippen LogP contribution in [0.4, 0.5) is 23.2 Å². The normalized spacial score (nSPS) is 24.7. The number of hydrogen-bond donors (Lipinski definition) is 3. The molecule has 15 heteroatoms. The molecule has 11 nitrogen and oxygen atoms in total. The van der Waals surface area contributed by atoms with Crippen LogP contribution in [0.25, 0.3) is 0 Å². The molecule has 0 radical (unpaired) electrons. The molecule has 2 heterocycles. The van der Waals surface area contributed by atoms with E-state index in [1.54, 1.807) is 5.32 Å². The van der Waals surface area contributed by atoms with E-state index in [1.807, 2.05) is 0 Å². The minimum absolute atomic E-state index is 0.0138. The van der Waals surface area contributed by atoms with Crippen LogP contribution in [0, 0.1) is 17.7 Å². The van der Waals surface area contributed by atoms with Crippen molar-refractivity contribution in [2.24, 2.45) is 17.6 Å². The van der Waals surface area contributed by atoms with Crippen molar-refractivity contribution in [3.8, 4) is 5.75 Å². The number of alkyl halides is 3. The second-order valence-electron chi connectivity index (χ2n) is 11.6. The van der Waals surface area contributed by atoms with Crippen LogP contribution in [0.15, 0.2) is 18.2 Å². The monoisotopic (exact) mass is 597 g/mol. The maximum absolute atomic E-state index is 14.1. The molecule has 2 aliphatic heterocycles. The number of amides is 5. The van der Waals surface area contributed by atoms with Crippen LogP contribution in [-0.2, 0) is 24.0 Å². The predicted octanol–water partition coefficient (Wildman–Crippen LogP) is 1.46. The Morgan fingerprint density at radius 2 is 1.81 bits per heavy atom. The van der Waals surface area contributed by atoms with Gasteiger partial charge in [-0.15, -0.1) is 0 Å². The van der Waals surface area contributed by atoms with Gasteiger partial charge in [-0.05, 0) is 36.8 Å². The molecule has 2 aliphatic carbocycles. The lowest BCUT2D eigenvalue weighted by atomic mass is 9.96. The minimum atomic E-state index is -5.20. The van der Waals surface area contributed by atoms with E-state index in [9.17, 15) is 41.5 Å². The molecule has 1 aromatic rings. The number of ether oxygens (including phenoxy) is 1. The van der Waals surface area contributed by atoms with Crippen LogP contribution in [0.3, 0.4) is 0 Å². The van der Waals surface area contributed by atoms with Gasteiger partial charge in [-0.2, -0.15) is 13.2 Å². The third-order valence-corrected chi connectivity index (χ3v) is 8.33. The Bertz CT molecular complexity index is 1320. The maximum atomic E-state index is 14.1. The van der Waals surface area contributed by atoms with Crippen molar-refractivity contribution in [2.75, 3.05) is 18.9 Å². The minimum Gasteiger partial charge on any atom is -0.473 e. The molecule has 3 fully saturated rings. The van der Waals surface area contributed by atoms with Crippen LogP contribution < -0.4 is 21.1 Å². The lowest BCUT2D eigenvalue weighted by molar-refractivity contribution is -0.175. The highest BCUT2D eigenvalue weighted by molar-refractivity contribution is 6.03. The molecule has 1 spiro atoms. The number of nitrogens with one attached hydrogen (secondary N) is 2. The molecule has 0 bridgehead atoms. The number of likely N-dealkylation sites (tertiary alicyclic amines) is 1. The smallest absolute Gasteiger partial charge is 0.471 e. The van der Waals surface area contributed by atoms with Crippen LogP contribution in [0.5, 0.6) is 5.75 Å². The van der Waals surface area contributed by atoms with Crippen molar-refractivity contribution in [3.05, 3.63) is 24.0 Å². The first-order chi connectivity index (χ1) is 19.7. The molecule has 42 heavy (non-hydrogen) atoms. The van der Waals surface area contributed by atoms with Gasteiger partial charge in [0.05, 0.1) is 12.2 Å². The second kappa shape index (κ2) is 10.7. The summed E-state index contributed by atoms with van der Waals surface area (Å²) < 4.78 is 58.7. The molecular weight excluding hydrogens is 566 g/mol. The van der Waals surface area contributed by atoms with Gasteiger partial charge in [-0.25, -0.2) is 4.39 Å². The first-order valence-electron chi connectivity index (χ1n) is 13.7. The predicted molar refractivity (Wildman–Crippen MR) is 137 cm³/mol. The van der Waals surface area contributed by atoms with Crippen molar-refractivity contribution in [1.29, 1.82) is 0 Å². The van der Waals surface area contributed by atoms with Crippen molar-refractivity contribution in [2.45, 2.75) is 74.8 Å². The average Bonchev–Trinajstić information content (AvgIpc) is 3.85. The van der Waals surface area contributed by atoms with Gasteiger partial charge in [0, 0.05) is 19.5 Å². The largest absolute Gasteiger partial charge is 0.473 e. The van der Waals surface area contributed by atoms with Gasteiger partial charge >= 0.3 is 12.1 Å². The van der Waals surface area contributed by atoms with E-state index in [0.717, 1.165) is 34.8 Å². The van der Waals surface area contributed by atoms with Crippen molar-refractivity contribution in [1.82, 2.24) is 15.1 Å². The summed E-state index contributed by atoms with van der Waals surface area (Å²) in [6.45, 7) is -0.415. The Balaban J connectivity index is 1.40. The van der Waals surface area contributed by atoms with Gasteiger partial charge in [0.1, 0.15) is 29.7 Å². The highest BCUT2D eigenvalue weighted by Crippen LogP contribution is 2.42. The van der Waals surface area contributed by atoms with Gasteiger partial charge < -0.3 is 30.9 Å². The van der Waals surface area contributed by atoms with Crippen LogP contribution >= 0.6 is 0 Å². The van der Waals surface area contributed by atoms with Gasteiger partial charge in [0.2, 0.25) is 23.3 Å². The van der Waals surface area contributed by atoms with Crippen LogP contribution in [0.2, 0.25) is 0 Å². The molecule has 4 N–H and O–H groups in total. The van der Waals surface area contributed by atoms with E-state index in [1.165, 1.54) is 13.1 Å². The van der Waals surface area contributed by atoms with E-state index >= 15 is 0 Å². The van der Waals surface area contributed by atoms with E-state index in [-0.39, 0.29) is 42.5 Å². The van der Waals surface area contributed by atoms with Crippen molar-refractivity contribution in [3.63, 3.8) is 0 Å². The SMILES string of the molecule is CN(C(=O)C(CC1CC1)NC(=O)C(F)(F)F)C(CC1CC1)C(=O)N1C[C@@]2(C[C@H]1C(N)=O)Oc1ccc(F)cc1NC2=O. The number of hydrogen-bond acceptors (Lipinski definition) is 6. The average molecular weight is 598 g/mol. The zero-order valence-corrected chi connectivity index (χ0v) is 22.7. The Morgan fingerprint density at radius 3 is 2.40 bits per heavy atom. The van der Waals surface area contributed by atoms with Gasteiger partial charge in [-0.1, -0.05) is 25.7 Å². The van der Waals surface area contributed by atoms with Crippen LogP contribution in [0.1, 0.15) is 44.9 Å². The number of nitrogens with two attached hydrogens (primary N) is 1. The van der Waals surface area contributed by atoms with Gasteiger partial charge in [0.25, 0.3) is 5.91 Å². The van der Waals surface area contributed by atoms with Crippen molar-refractivity contribution < 1.29 is 46.3 Å². The number of nitrogens with zero attached hydrogens (tertiary/aromatic N) is 2. The van der Waals surface area contributed by atoms with E-state index in [4.69, 9.17) is 10.5 Å². The standard InChI is InChI=1S/C27H31F4N5O6/c1-35(22(38)17(8-13-2-3-13)34-25(41)27(29,30)31)18(9-14-4-5-14)23(39)36-12-26(11-19(36)21(32)37)24(40)33-16-10-15(28)6-7-20(16)42-26/h6-7,10,13-14,17-19H,2-5,8-9,11-12H2,1H3,(H2,32,37)(H,33,40)(H,34,41)/t17?,18?,19-,26+/m0/s1. The number of primary amides is 1. The quantitative estimate of drug-likeness (QED) is 0.367. The summed E-state index contributed by atoms with van der Waals surface area (Å²) in [5, 5.41) is 4.32. The molecule has 1 aromatic carbocycles. The number of benzene rings is 1. The third kappa shape index (κ3) is 6.00. The van der Waals surface area contributed by atoms with E-state index in [0.29, 0.717) is 12.8 Å². The van der Waals surface area contributed by atoms with Crippen LogP contribution in [-0.4, -0.2) is 82.8 Å². The molecule has 1 saturated heterocycles. The zero-order chi connectivity index (χ0) is 30.6. The summed E-state index contributed by atoms with van der Waals surface area (Å²) >= 11 is 0. The summed E-state index contributed by atoms with van der Waals surface area (Å²) in [5.41, 5.74) is 3.97. The number of fused-ring (bicyclic) bond motifs is 1. The van der Waals surface area contributed by atoms with Gasteiger partial charge in [0.15, 0.2) is 0 Å². The molecule has 0 aromatic heterocycles. The van der Waals surface area contributed by atoms with Crippen molar-refractivity contribution >= 4 is 35.2 Å². The summed E-state index contributed by atoms with van der Waals surface area (Å²) in [4.78, 5) is 67.1. The molecule has 4 atom stereocenters. The number of likely N-dealkylation sites (N-methyl/N-ethyl adjacent to an activating group) is 1. The molecule has 4 aliphatic rings. The Kier molecular flexibility index (Phi) is 7.56. The summed E-state index contributed by atoms with van der Waals surface area (Å²) in [5.74, 6) is -5.97. The molecular formula is C27H31F4N5O6. The molecule has 2 saturated carbocycles. The third-order valence-electron chi connectivity index (χ3n) is 8.33. The highest BCUT2D eigenvalue weighted by Gasteiger charge is 2.58.